The summed E-state index contributed by atoms with van der Waals surface area (Å²) < 4.78 is 10.4. The lowest BCUT2D eigenvalue weighted by Crippen LogP contribution is -2.44. The van der Waals surface area contributed by atoms with E-state index in [2.05, 4.69) is 10.6 Å². The lowest BCUT2D eigenvalue weighted by atomic mass is 10.0. The first-order valence-corrected chi connectivity index (χ1v) is 9.03. The molecule has 9 nitrogen and oxygen atoms in total. The van der Waals surface area contributed by atoms with Gasteiger partial charge in [-0.15, -0.1) is 0 Å². The minimum atomic E-state index is -0.931. The van der Waals surface area contributed by atoms with Crippen molar-refractivity contribution in [1.82, 2.24) is 15.5 Å². The van der Waals surface area contributed by atoms with Gasteiger partial charge in [0.25, 0.3) is 5.91 Å². The molecule has 3 N–H and O–H groups in total. The monoisotopic (exact) mass is 393 g/mol. The van der Waals surface area contributed by atoms with Gasteiger partial charge < -0.3 is 25.2 Å². The first kappa shape index (κ1) is 21.5. The highest BCUT2D eigenvalue weighted by molar-refractivity contribution is 6.05. The number of benzene rings is 1. The van der Waals surface area contributed by atoms with E-state index in [0.717, 1.165) is 4.90 Å². The quantitative estimate of drug-likeness (QED) is 0.530. The van der Waals surface area contributed by atoms with Crippen molar-refractivity contribution in [2.75, 3.05) is 20.8 Å². The predicted octanol–water partition coefficient (Wildman–Crippen LogP) is 0.647. The lowest BCUT2D eigenvalue weighted by molar-refractivity contribution is -0.131. The number of nitrogens with one attached hydrogen (secondary N) is 2. The SMILES string of the molecule is COc1ccc(CN2C(=O)N[C@H](CC(=O)N[C@H](CO)C(C)C)C2=O)cc1OC. The van der Waals surface area contributed by atoms with E-state index in [1.807, 2.05) is 13.8 Å². The molecular weight excluding hydrogens is 366 g/mol. The van der Waals surface area contributed by atoms with Gasteiger partial charge >= 0.3 is 6.03 Å². The number of carbonyl (C=O) groups is 3. The summed E-state index contributed by atoms with van der Waals surface area (Å²) in [5.74, 6) is 0.206. The van der Waals surface area contributed by atoms with Crippen molar-refractivity contribution >= 4 is 17.8 Å². The molecule has 0 aliphatic carbocycles. The van der Waals surface area contributed by atoms with E-state index in [1.165, 1.54) is 14.2 Å². The van der Waals surface area contributed by atoms with Crippen LogP contribution in [-0.2, 0) is 16.1 Å². The van der Waals surface area contributed by atoms with Crippen molar-refractivity contribution < 1.29 is 29.0 Å². The number of imide groups is 1. The summed E-state index contributed by atoms with van der Waals surface area (Å²) in [5, 5.41) is 14.5. The van der Waals surface area contributed by atoms with Gasteiger partial charge in [0.2, 0.25) is 5.91 Å². The molecule has 0 aromatic heterocycles. The molecule has 9 heteroatoms. The number of carbonyl (C=O) groups excluding carboxylic acids is 3. The van der Waals surface area contributed by atoms with Gasteiger partial charge in [-0.1, -0.05) is 19.9 Å². The zero-order valence-electron chi connectivity index (χ0n) is 16.5. The van der Waals surface area contributed by atoms with Gasteiger partial charge in [0, 0.05) is 0 Å². The zero-order chi connectivity index (χ0) is 20.8. The maximum atomic E-state index is 12.6. The lowest BCUT2D eigenvalue weighted by Gasteiger charge is -2.20. The molecule has 0 spiro atoms. The number of hydrogen-bond donors (Lipinski definition) is 3. The molecule has 1 aromatic rings. The maximum absolute atomic E-state index is 12.6. The van der Waals surface area contributed by atoms with Gasteiger partial charge in [0.15, 0.2) is 11.5 Å². The molecule has 0 bridgehead atoms. The minimum absolute atomic E-state index is 0.0457. The summed E-state index contributed by atoms with van der Waals surface area (Å²) in [6.07, 6.45) is -0.184. The Bertz CT molecular complexity index is 736. The molecule has 1 fully saturated rings. The van der Waals surface area contributed by atoms with Crippen LogP contribution in [0.3, 0.4) is 0 Å². The average Bonchev–Trinajstić information content (AvgIpc) is 2.92. The van der Waals surface area contributed by atoms with E-state index in [-0.39, 0.29) is 25.5 Å². The highest BCUT2D eigenvalue weighted by Crippen LogP contribution is 2.28. The molecule has 154 valence electrons. The van der Waals surface area contributed by atoms with Crippen molar-refractivity contribution in [2.24, 2.45) is 5.92 Å². The maximum Gasteiger partial charge on any atom is 0.325 e. The fourth-order valence-corrected chi connectivity index (χ4v) is 2.90. The third-order valence-electron chi connectivity index (χ3n) is 4.63. The number of aliphatic hydroxyl groups excluding tert-OH is 1. The molecule has 1 aliphatic heterocycles. The van der Waals surface area contributed by atoms with Crippen LogP contribution >= 0.6 is 0 Å². The van der Waals surface area contributed by atoms with Gasteiger partial charge in [0.1, 0.15) is 6.04 Å². The van der Waals surface area contributed by atoms with Crippen LogP contribution in [0.4, 0.5) is 4.79 Å². The van der Waals surface area contributed by atoms with Gasteiger partial charge in [-0.05, 0) is 23.6 Å². The van der Waals surface area contributed by atoms with Gasteiger partial charge in [-0.3, -0.25) is 14.5 Å². The zero-order valence-corrected chi connectivity index (χ0v) is 16.5. The van der Waals surface area contributed by atoms with E-state index < -0.39 is 29.9 Å². The molecule has 1 saturated heterocycles. The number of hydrogen-bond acceptors (Lipinski definition) is 6. The molecule has 0 saturated carbocycles. The smallest absolute Gasteiger partial charge is 0.325 e. The van der Waals surface area contributed by atoms with Gasteiger partial charge in [-0.2, -0.15) is 0 Å². The van der Waals surface area contributed by atoms with Crippen LogP contribution in [-0.4, -0.2) is 60.8 Å². The molecule has 28 heavy (non-hydrogen) atoms. The van der Waals surface area contributed by atoms with E-state index in [0.29, 0.717) is 17.1 Å². The Morgan fingerprint density at radius 2 is 1.93 bits per heavy atom. The summed E-state index contributed by atoms with van der Waals surface area (Å²) in [6, 6.07) is 3.23. The number of urea groups is 1. The largest absolute Gasteiger partial charge is 0.493 e. The predicted molar refractivity (Wildman–Crippen MR) is 101 cm³/mol. The first-order chi connectivity index (χ1) is 13.3. The van der Waals surface area contributed by atoms with Crippen LogP contribution in [0, 0.1) is 5.92 Å². The molecule has 1 aliphatic rings. The molecule has 2 atom stereocenters. The first-order valence-electron chi connectivity index (χ1n) is 9.03. The molecule has 4 amide bonds. The number of nitrogens with zero attached hydrogens (tertiary/aromatic N) is 1. The number of methoxy groups -OCH3 is 2. The number of ether oxygens (including phenoxy) is 2. The Morgan fingerprint density at radius 3 is 2.50 bits per heavy atom. The third kappa shape index (κ3) is 4.92. The van der Waals surface area contributed by atoms with E-state index >= 15 is 0 Å². The summed E-state index contributed by atoms with van der Waals surface area (Å²) in [6.45, 7) is 3.59. The second-order valence-electron chi connectivity index (χ2n) is 6.92. The average molecular weight is 393 g/mol. The summed E-state index contributed by atoms with van der Waals surface area (Å²) in [4.78, 5) is 38.0. The second kappa shape index (κ2) is 9.41. The fraction of sp³-hybridized carbons (Fsp3) is 0.526. The normalized spacial score (nSPS) is 17.5. The Labute approximate surface area is 164 Å². The van der Waals surface area contributed by atoms with E-state index in [1.54, 1.807) is 18.2 Å². The highest BCUT2D eigenvalue weighted by Gasteiger charge is 2.39. The Balaban J connectivity index is 2.02. The van der Waals surface area contributed by atoms with Crippen molar-refractivity contribution in [3.63, 3.8) is 0 Å². The summed E-state index contributed by atoms with van der Waals surface area (Å²) in [5.41, 5.74) is 0.686. The third-order valence-corrected chi connectivity index (χ3v) is 4.63. The minimum Gasteiger partial charge on any atom is -0.493 e. The molecule has 0 radical (unpaired) electrons. The van der Waals surface area contributed by atoms with Crippen LogP contribution in [0.2, 0.25) is 0 Å². The Hall–Kier alpha value is -2.81. The number of rotatable bonds is 9. The summed E-state index contributed by atoms with van der Waals surface area (Å²) >= 11 is 0. The van der Waals surface area contributed by atoms with Gasteiger partial charge in [-0.25, -0.2) is 4.79 Å². The highest BCUT2D eigenvalue weighted by atomic mass is 16.5. The van der Waals surface area contributed by atoms with Crippen molar-refractivity contribution in [1.29, 1.82) is 0 Å². The van der Waals surface area contributed by atoms with E-state index in [4.69, 9.17) is 9.47 Å². The Kier molecular flexibility index (Phi) is 7.22. The molecule has 2 rings (SSSR count). The second-order valence-corrected chi connectivity index (χ2v) is 6.92. The Morgan fingerprint density at radius 1 is 1.25 bits per heavy atom. The molecule has 1 aromatic carbocycles. The fourth-order valence-electron chi connectivity index (χ4n) is 2.90. The van der Waals surface area contributed by atoms with Crippen LogP contribution < -0.4 is 20.1 Å². The van der Waals surface area contributed by atoms with Crippen LogP contribution in [0.25, 0.3) is 0 Å². The summed E-state index contributed by atoms with van der Waals surface area (Å²) in [7, 11) is 3.02. The van der Waals surface area contributed by atoms with E-state index in [9.17, 15) is 19.5 Å². The standard InChI is InChI=1S/C19H27N3O6/c1-11(2)14(10-23)20-17(24)8-13-18(25)22(19(26)21-13)9-12-5-6-15(27-3)16(7-12)28-4/h5-7,11,13-14,23H,8-10H2,1-4H3,(H,20,24)(H,21,26)/t13-,14-/m1/s1. The van der Waals surface area contributed by atoms with Gasteiger partial charge in [0.05, 0.1) is 39.8 Å². The van der Waals surface area contributed by atoms with Crippen molar-refractivity contribution in [2.45, 2.75) is 38.9 Å². The van der Waals surface area contributed by atoms with Crippen LogP contribution in [0.5, 0.6) is 11.5 Å². The molecular formula is C19H27N3O6. The number of aliphatic hydroxyl groups is 1. The topological polar surface area (TPSA) is 117 Å². The van der Waals surface area contributed by atoms with Crippen molar-refractivity contribution in [3.8, 4) is 11.5 Å². The number of amides is 4. The molecule has 0 unspecified atom stereocenters. The van der Waals surface area contributed by atoms with Crippen LogP contribution in [0.15, 0.2) is 18.2 Å². The van der Waals surface area contributed by atoms with Crippen LogP contribution in [0.1, 0.15) is 25.8 Å². The molecule has 1 heterocycles. The van der Waals surface area contributed by atoms with Crippen molar-refractivity contribution in [3.05, 3.63) is 23.8 Å².